The van der Waals surface area contributed by atoms with Crippen LogP contribution in [-0.2, 0) is 25.0 Å². The lowest BCUT2D eigenvalue weighted by molar-refractivity contribution is -0.279. The normalized spacial score (nSPS) is 10.6. The van der Waals surface area contributed by atoms with Crippen LogP contribution < -0.4 is 17.1 Å². The second-order valence-corrected chi connectivity index (χ2v) is 3.65. The summed E-state index contributed by atoms with van der Waals surface area (Å²) in [5.74, 6) is -5.28. The molecule has 11 heteroatoms. The number of esters is 2. The molecule has 1 aromatic heterocycles. The standard InChI is InChI=1S/C11H11N3O8/c1-3-6(16)21-11(5-15,22-7(17)4-2)14-9(19)12-8(18)13-10(14)20/h3-4,15H,1-2,5H2,(H2,12,13,18,19,20). The smallest absolute Gasteiger partial charge is 0.378 e. The molecule has 0 bridgehead atoms. The van der Waals surface area contributed by atoms with Crippen LogP contribution in [0.15, 0.2) is 39.7 Å². The molecule has 0 aliphatic heterocycles. The number of carbonyl (C=O) groups excluding carboxylic acids is 2. The highest BCUT2D eigenvalue weighted by atomic mass is 16.8. The lowest BCUT2D eigenvalue weighted by Crippen LogP contribution is -2.58. The Kier molecular flexibility index (Phi) is 4.97. The predicted octanol–water partition coefficient (Wildman–Crippen LogP) is -2.71. The first-order valence-corrected chi connectivity index (χ1v) is 5.57. The van der Waals surface area contributed by atoms with E-state index in [1.54, 1.807) is 9.97 Å². The van der Waals surface area contributed by atoms with Crippen molar-refractivity contribution in [3.8, 4) is 0 Å². The van der Waals surface area contributed by atoms with Crippen molar-refractivity contribution < 1.29 is 24.2 Å². The molecule has 0 aromatic carbocycles. The fraction of sp³-hybridized carbons (Fsp3) is 0.182. The maximum atomic E-state index is 11.7. The number of H-pyrrole nitrogens is 2. The monoisotopic (exact) mass is 313 g/mol. The number of hydrogen-bond acceptors (Lipinski definition) is 8. The van der Waals surface area contributed by atoms with Gasteiger partial charge < -0.3 is 14.6 Å². The van der Waals surface area contributed by atoms with Crippen LogP contribution in [-0.4, -0.2) is 38.2 Å². The Labute approximate surface area is 121 Å². The molecule has 0 spiro atoms. The van der Waals surface area contributed by atoms with Gasteiger partial charge in [0.25, 0.3) is 0 Å². The molecule has 1 aromatic rings. The number of nitrogens with one attached hydrogen (secondary N) is 2. The Morgan fingerprint density at radius 3 is 1.82 bits per heavy atom. The molecule has 0 saturated heterocycles. The molecule has 0 aliphatic rings. The number of rotatable bonds is 6. The molecule has 0 aliphatic carbocycles. The number of ether oxygens (including phenoxy) is 2. The summed E-state index contributed by atoms with van der Waals surface area (Å²) >= 11 is 0. The Morgan fingerprint density at radius 1 is 1.09 bits per heavy atom. The van der Waals surface area contributed by atoms with Gasteiger partial charge in [-0.1, -0.05) is 13.2 Å². The Morgan fingerprint density at radius 2 is 1.50 bits per heavy atom. The van der Waals surface area contributed by atoms with E-state index >= 15 is 0 Å². The van der Waals surface area contributed by atoms with E-state index in [1.807, 2.05) is 0 Å². The van der Waals surface area contributed by atoms with E-state index in [0.717, 1.165) is 0 Å². The van der Waals surface area contributed by atoms with Crippen LogP contribution in [0.5, 0.6) is 0 Å². The van der Waals surface area contributed by atoms with Crippen molar-refractivity contribution in [3.05, 3.63) is 56.8 Å². The van der Waals surface area contributed by atoms with E-state index in [1.165, 1.54) is 0 Å². The minimum absolute atomic E-state index is 0.0111. The van der Waals surface area contributed by atoms with E-state index in [9.17, 15) is 29.1 Å². The van der Waals surface area contributed by atoms with Crippen LogP contribution >= 0.6 is 0 Å². The summed E-state index contributed by atoms with van der Waals surface area (Å²) < 4.78 is 9.25. The minimum atomic E-state index is -2.84. The number of aromatic nitrogens is 3. The van der Waals surface area contributed by atoms with Gasteiger partial charge in [0.1, 0.15) is 6.61 Å². The van der Waals surface area contributed by atoms with E-state index in [4.69, 9.17) is 0 Å². The molecule has 11 nitrogen and oxygen atoms in total. The number of aliphatic hydroxyl groups is 1. The Hall–Kier alpha value is -3.21. The molecule has 0 radical (unpaired) electrons. The molecular weight excluding hydrogens is 302 g/mol. The van der Waals surface area contributed by atoms with Crippen LogP contribution in [0.2, 0.25) is 0 Å². The van der Waals surface area contributed by atoms with E-state index in [2.05, 4.69) is 22.6 Å². The maximum absolute atomic E-state index is 11.7. The zero-order valence-electron chi connectivity index (χ0n) is 11.0. The number of carbonyl (C=O) groups is 2. The van der Waals surface area contributed by atoms with Gasteiger partial charge in [-0.05, 0) is 0 Å². The minimum Gasteiger partial charge on any atom is -0.398 e. The number of aliphatic hydroxyl groups excluding tert-OH is 1. The van der Waals surface area contributed by atoms with Crippen LogP contribution in [0, 0.1) is 0 Å². The number of hydrogen-bond donors (Lipinski definition) is 3. The van der Waals surface area contributed by atoms with Crippen molar-refractivity contribution >= 4 is 11.9 Å². The lowest BCUT2D eigenvalue weighted by atomic mass is 10.4. The van der Waals surface area contributed by atoms with Gasteiger partial charge in [0.15, 0.2) is 0 Å². The molecule has 0 unspecified atom stereocenters. The second-order valence-electron chi connectivity index (χ2n) is 3.65. The molecule has 22 heavy (non-hydrogen) atoms. The van der Waals surface area contributed by atoms with Crippen LogP contribution in [0.1, 0.15) is 0 Å². The first-order valence-electron chi connectivity index (χ1n) is 5.57. The van der Waals surface area contributed by atoms with Crippen LogP contribution in [0.4, 0.5) is 0 Å². The van der Waals surface area contributed by atoms with Crippen molar-refractivity contribution in [1.29, 1.82) is 0 Å². The number of nitrogens with zero attached hydrogens (tertiary/aromatic N) is 1. The van der Waals surface area contributed by atoms with Gasteiger partial charge in [-0.15, -0.1) is 0 Å². The average molecular weight is 313 g/mol. The number of aromatic amines is 2. The largest absolute Gasteiger partial charge is 0.398 e. The molecule has 0 amide bonds. The van der Waals surface area contributed by atoms with E-state index in [-0.39, 0.29) is 4.57 Å². The average Bonchev–Trinajstić information content (AvgIpc) is 2.45. The molecular formula is C11H11N3O8. The highest BCUT2D eigenvalue weighted by molar-refractivity contribution is 5.83. The summed E-state index contributed by atoms with van der Waals surface area (Å²) in [6.07, 6.45) is 1.27. The summed E-state index contributed by atoms with van der Waals surface area (Å²) in [5, 5.41) is 9.41. The van der Waals surface area contributed by atoms with Crippen molar-refractivity contribution in [2.45, 2.75) is 5.91 Å². The molecule has 3 N–H and O–H groups in total. The second kappa shape index (κ2) is 6.49. The first-order chi connectivity index (χ1) is 10.3. The molecule has 0 atom stereocenters. The van der Waals surface area contributed by atoms with Crippen LogP contribution in [0.3, 0.4) is 0 Å². The molecule has 1 rings (SSSR count). The first kappa shape index (κ1) is 16.8. The topological polar surface area (TPSA) is 161 Å². The Bertz CT molecular complexity index is 727. The fourth-order valence-corrected chi connectivity index (χ4v) is 1.38. The highest BCUT2D eigenvalue weighted by Gasteiger charge is 2.43. The maximum Gasteiger partial charge on any atom is 0.378 e. The summed E-state index contributed by atoms with van der Waals surface area (Å²) in [5.41, 5.74) is -3.93. The van der Waals surface area contributed by atoms with Gasteiger partial charge in [-0.3, -0.25) is 9.97 Å². The van der Waals surface area contributed by atoms with Crippen molar-refractivity contribution in [3.63, 3.8) is 0 Å². The summed E-state index contributed by atoms with van der Waals surface area (Å²) in [6.45, 7) is 4.86. The third-order valence-electron chi connectivity index (χ3n) is 2.24. The lowest BCUT2D eigenvalue weighted by Gasteiger charge is -2.29. The van der Waals surface area contributed by atoms with Crippen molar-refractivity contribution in [2.75, 3.05) is 6.61 Å². The van der Waals surface area contributed by atoms with Crippen LogP contribution in [0.25, 0.3) is 0 Å². The fourth-order valence-electron chi connectivity index (χ4n) is 1.38. The molecule has 0 fully saturated rings. The van der Waals surface area contributed by atoms with Gasteiger partial charge >= 0.3 is 34.9 Å². The molecule has 1 heterocycles. The zero-order valence-corrected chi connectivity index (χ0v) is 11.0. The van der Waals surface area contributed by atoms with Gasteiger partial charge in [-0.2, -0.15) is 4.57 Å². The van der Waals surface area contributed by atoms with E-state index < -0.39 is 41.5 Å². The van der Waals surface area contributed by atoms with Crippen molar-refractivity contribution in [2.24, 2.45) is 0 Å². The zero-order chi connectivity index (χ0) is 16.9. The van der Waals surface area contributed by atoms with Gasteiger partial charge in [0.05, 0.1) is 0 Å². The summed E-state index contributed by atoms with van der Waals surface area (Å²) in [4.78, 5) is 60.5. The van der Waals surface area contributed by atoms with Crippen molar-refractivity contribution in [1.82, 2.24) is 14.5 Å². The SMILES string of the molecule is C=CC(=O)OC(CO)(OC(=O)C=C)n1c(=O)[nH]c(=O)[nH]c1=O. The quantitative estimate of drug-likeness (QED) is 0.290. The summed E-state index contributed by atoms with van der Waals surface area (Å²) in [7, 11) is 0. The van der Waals surface area contributed by atoms with Gasteiger partial charge in [0, 0.05) is 12.2 Å². The third-order valence-corrected chi connectivity index (χ3v) is 2.24. The van der Waals surface area contributed by atoms with Gasteiger partial charge in [0.2, 0.25) is 0 Å². The predicted molar refractivity (Wildman–Crippen MR) is 69.6 cm³/mol. The van der Waals surface area contributed by atoms with Gasteiger partial charge in [-0.25, -0.2) is 24.0 Å². The Balaban J connectivity index is 3.65. The molecule has 0 saturated carbocycles. The highest BCUT2D eigenvalue weighted by Crippen LogP contribution is 2.17. The van der Waals surface area contributed by atoms with E-state index in [0.29, 0.717) is 12.2 Å². The third kappa shape index (κ3) is 3.27. The molecule has 118 valence electrons. The summed E-state index contributed by atoms with van der Waals surface area (Å²) in [6, 6.07) is 0.